The van der Waals surface area contributed by atoms with Gasteiger partial charge in [-0.3, -0.25) is 0 Å². The first kappa shape index (κ1) is 16.9. The molecule has 1 heterocycles. The van der Waals surface area contributed by atoms with Gasteiger partial charge >= 0.3 is 0 Å². The Morgan fingerprint density at radius 1 is 1.35 bits per heavy atom. The Morgan fingerprint density at radius 2 is 2.15 bits per heavy atom. The third-order valence-corrected chi connectivity index (χ3v) is 2.98. The molecule has 114 valence electrons. The number of aromatic nitrogens is 1. The molecule has 0 aromatic carbocycles. The molecule has 0 saturated carbocycles. The van der Waals surface area contributed by atoms with Gasteiger partial charge in [0.25, 0.3) is 0 Å². The summed E-state index contributed by atoms with van der Waals surface area (Å²) in [6.45, 7) is 10.2. The molecular formula is C16H29N3O. The van der Waals surface area contributed by atoms with Crippen LogP contribution < -0.4 is 10.1 Å². The zero-order chi connectivity index (χ0) is 14.8. The van der Waals surface area contributed by atoms with Crippen LogP contribution in [0.2, 0.25) is 0 Å². The molecule has 0 aliphatic rings. The minimum atomic E-state index is 0.535. The lowest BCUT2D eigenvalue weighted by Gasteiger charge is -2.15. The molecule has 0 radical (unpaired) electrons. The molecule has 0 amide bonds. The van der Waals surface area contributed by atoms with Crippen molar-refractivity contribution in [3.8, 4) is 5.88 Å². The van der Waals surface area contributed by atoms with Crippen LogP contribution in [0.1, 0.15) is 39.2 Å². The molecule has 0 bridgehead atoms. The summed E-state index contributed by atoms with van der Waals surface area (Å²) >= 11 is 0. The summed E-state index contributed by atoms with van der Waals surface area (Å²) in [5.74, 6) is 0.719. The first-order chi connectivity index (χ1) is 9.61. The monoisotopic (exact) mass is 279 g/mol. The minimum absolute atomic E-state index is 0.535. The van der Waals surface area contributed by atoms with E-state index in [0.717, 1.165) is 31.9 Å². The Labute approximate surface area is 123 Å². The highest BCUT2D eigenvalue weighted by molar-refractivity contribution is 5.17. The zero-order valence-corrected chi connectivity index (χ0v) is 13.4. The molecular weight excluding hydrogens is 250 g/mol. The van der Waals surface area contributed by atoms with Crippen molar-refractivity contribution in [2.24, 2.45) is 0 Å². The van der Waals surface area contributed by atoms with E-state index in [9.17, 15) is 0 Å². The van der Waals surface area contributed by atoms with Gasteiger partial charge in [0.05, 0.1) is 6.61 Å². The van der Waals surface area contributed by atoms with Crippen LogP contribution in [0, 0.1) is 0 Å². The van der Waals surface area contributed by atoms with E-state index in [1.165, 1.54) is 12.0 Å². The van der Waals surface area contributed by atoms with Crippen LogP contribution in [0.3, 0.4) is 0 Å². The normalized spacial score (nSPS) is 11.3. The van der Waals surface area contributed by atoms with Crippen molar-refractivity contribution in [3.63, 3.8) is 0 Å². The van der Waals surface area contributed by atoms with E-state index < -0.39 is 0 Å². The van der Waals surface area contributed by atoms with Gasteiger partial charge in [0, 0.05) is 24.8 Å². The SMILES string of the molecule is CCCN(C)Cc1ccc(OCCCNC(C)C)nc1. The molecule has 0 atom stereocenters. The van der Waals surface area contributed by atoms with Crippen molar-refractivity contribution in [2.45, 2.75) is 46.2 Å². The Hall–Kier alpha value is -1.13. The lowest BCUT2D eigenvalue weighted by molar-refractivity contribution is 0.294. The topological polar surface area (TPSA) is 37.4 Å². The van der Waals surface area contributed by atoms with Crippen molar-refractivity contribution in [1.29, 1.82) is 0 Å². The van der Waals surface area contributed by atoms with Gasteiger partial charge in [-0.05, 0) is 38.5 Å². The number of pyridine rings is 1. The maximum Gasteiger partial charge on any atom is 0.213 e. The zero-order valence-electron chi connectivity index (χ0n) is 13.4. The van der Waals surface area contributed by atoms with Crippen LogP contribution in [0.15, 0.2) is 18.3 Å². The fourth-order valence-corrected chi connectivity index (χ4v) is 2.00. The van der Waals surface area contributed by atoms with E-state index in [4.69, 9.17) is 4.74 Å². The van der Waals surface area contributed by atoms with Crippen LogP contribution in [0.25, 0.3) is 0 Å². The lowest BCUT2D eigenvalue weighted by atomic mass is 10.2. The number of hydrogen-bond donors (Lipinski definition) is 1. The average Bonchev–Trinajstić information content (AvgIpc) is 2.40. The Kier molecular flexibility index (Phi) is 8.23. The molecule has 0 fully saturated rings. The number of hydrogen-bond acceptors (Lipinski definition) is 4. The Morgan fingerprint density at radius 3 is 2.75 bits per heavy atom. The molecule has 4 heteroatoms. The number of nitrogens with zero attached hydrogens (tertiary/aromatic N) is 2. The van der Waals surface area contributed by atoms with Crippen LogP contribution in [0.4, 0.5) is 0 Å². The van der Waals surface area contributed by atoms with E-state index in [1.54, 1.807) is 0 Å². The van der Waals surface area contributed by atoms with Gasteiger partial charge in [-0.25, -0.2) is 4.98 Å². The van der Waals surface area contributed by atoms with E-state index in [2.05, 4.69) is 49.1 Å². The van der Waals surface area contributed by atoms with Crippen molar-refractivity contribution < 1.29 is 4.74 Å². The second kappa shape index (κ2) is 9.72. The van der Waals surface area contributed by atoms with Gasteiger partial charge in [0.2, 0.25) is 5.88 Å². The van der Waals surface area contributed by atoms with Gasteiger partial charge in [-0.1, -0.05) is 26.8 Å². The molecule has 0 saturated heterocycles. The highest BCUT2D eigenvalue weighted by Crippen LogP contribution is 2.09. The molecule has 20 heavy (non-hydrogen) atoms. The van der Waals surface area contributed by atoms with Crippen LogP contribution >= 0.6 is 0 Å². The number of ether oxygens (including phenoxy) is 1. The molecule has 1 aromatic heterocycles. The van der Waals surface area contributed by atoms with E-state index in [-0.39, 0.29) is 0 Å². The maximum absolute atomic E-state index is 5.63. The smallest absolute Gasteiger partial charge is 0.213 e. The van der Waals surface area contributed by atoms with E-state index in [0.29, 0.717) is 12.6 Å². The summed E-state index contributed by atoms with van der Waals surface area (Å²) in [6.07, 6.45) is 4.09. The standard InChI is InChI=1S/C16H29N3O/c1-5-10-19(4)13-15-7-8-16(18-12-15)20-11-6-9-17-14(2)3/h7-8,12,14,17H,5-6,9-11,13H2,1-4H3. The summed E-state index contributed by atoms with van der Waals surface area (Å²) in [4.78, 5) is 6.66. The van der Waals surface area contributed by atoms with Crippen molar-refractivity contribution >= 4 is 0 Å². The molecule has 1 rings (SSSR count). The fraction of sp³-hybridized carbons (Fsp3) is 0.688. The predicted molar refractivity (Wildman–Crippen MR) is 84.1 cm³/mol. The number of rotatable bonds is 10. The molecule has 0 spiro atoms. The largest absolute Gasteiger partial charge is 0.478 e. The van der Waals surface area contributed by atoms with Gasteiger partial charge in [-0.15, -0.1) is 0 Å². The maximum atomic E-state index is 5.63. The summed E-state index contributed by atoms with van der Waals surface area (Å²) in [7, 11) is 2.13. The van der Waals surface area contributed by atoms with Crippen molar-refractivity contribution in [1.82, 2.24) is 15.2 Å². The molecule has 4 nitrogen and oxygen atoms in total. The predicted octanol–water partition coefficient (Wildman–Crippen LogP) is 2.69. The average molecular weight is 279 g/mol. The van der Waals surface area contributed by atoms with Gasteiger partial charge in [0.1, 0.15) is 0 Å². The quantitative estimate of drug-likeness (QED) is 0.668. The highest BCUT2D eigenvalue weighted by atomic mass is 16.5. The van der Waals surface area contributed by atoms with Crippen molar-refractivity contribution in [3.05, 3.63) is 23.9 Å². The first-order valence-corrected chi connectivity index (χ1v) is 7.61. The third-order valence-electron chi connectivity index (χ3n) is 2.98. The van der Waals surface area contributed by atoms with Crippen LogP contribution in [0.5, 0.6) is 5.88 Å². The second-order valence-corrected chi connectivity index (χ2v) is 5.55. The summed E-state index contributed by atoms with van der Waals surface area (Å²) in [5, 5.41) is 3.37. The Bertz CT molecular complexity index is 351. The molecule has 0 aliphatic carbocycles. The van der Waals surface area contributed by atoms with Crippen molar-refractivity contribution in [2.75, 3.05) is 26.7 Å². The summed E-state index contributed by atoms with van der Waals surface area (Å²) < 4.78 is 5.63. The third kappa shape index (κ3) is 7.46. The minimum Gasteiger partial charge on any atom is -0.478 e. The molecule has 0 aliphatic heterocycles. The molecule has 0 unspecified atom stereocenters. The van der Waals surface area contributed by atoms with Crippen LogP contribution in [-0.4, -0.2) is 42.7 Å². The molecule has 1 N–H and O–H groups in total. The Balaban J connectivity index is 2.24. The summed E-state index contributed by atoms with van der Waals surface area (Å²) in [5.41, 5.74) is 1.23. The fourth-order valence-electron chi connectivity index (χ4n) is 2.00. The van der Waals surface area contributed by atoms with Gasteiger partial charge in [-0.2, -0.15) is 0 Å². The second-order valence-electron chi connectivity index (χ2n) is 5.55. The van der Waals surface area contributed by atoms with E-state index in [1.807, 2.05) is 12.3 Å². The van der Waals surface area contributed by atoms with E-state index >= 15 is 0 Å². The highest BCUT2D eigenvalue weighted by Gasteiger charge is 2.01. The summed E-state index contributed by atoms with van der Waals surface area (Å²) in [6, 6.07) is 4.60. The lowest BCUT2D eigenvalue weighted by Crippen LogP contribution is -2.24. The van der Waals surface area contributed by atoms with Gasteiger partial charge < -0.3 is 15.0 Å². The molecule has 1 aromatic rings. The van der Waals surface area contributed by atoms with Gasteiger partial charge in [0.15, 0.2) is 0 Å². The first-order valence-electron chi connectivity index (χ1n) is 7.61. The van der Waals surface area contributed by atoms with Crippen LogP contribution in [-0.2, 0) is 6.54 Å². The number of nitrogens with one attached hydrogen (secondary N) is 1.